The van der Waals surface area contributed by atoms with E-state index in [1.54, 1.807) is 0 Å². The van der Waals surface area contributed by atoms with Crippen LogP contribution >= 0.6 is 0 Å². The lowest BCUT2D eigenvalue weighted by atomic mass is 10.1. The van der Waals surface area contributed by atoms with Gasteiger partial charge in [0, 0.05) is 19.8 Å². The lowest BCUT2D eigenvalue weighted by Gasteiger charge is -2.43. The summed E-state index contributed by atoms with van der Waals surface area (Å²) in [5.74, 6) is 0. The van der Waals surface area contributed by atoms with Crippen molar-refractivity contribution in [1.82, 2.24) is 0 Å². The number of rotatable bonds is 23. The lowest BCUT2D eigenvalue weighted by molar-refractivity contribution is -0.921. The van der Waals surface area contributed by atoms with Gasteiger partial charge in [-0.2, -0.15) is 0 Å². The quantitative estimate of drug-likeness (QED) is 0.114. The van der Waals surface area contributed by atoms with Crippen LogP contribution in [-0.2, 0) is 13.3 Å². The molecule has 0 N–H and O–H groups in total. The molecule has 0 aliphatic rings. The third-order valence-corrected chi connectivity index (χ3v) is 9.32. The number of quaternary nitrogens is 1. The van der Waals surface area contributed by atoms with Crippen molar-refractivity contribution in [2.24, 2.45) is 0 Å². The van der Waals surface area contributed by atoms with Gasteiger partial charge in [-0.15, -0.1) is 0 Å². The van der Waals surface area contributed by atoms with E-state index in [1.807, 2.05) is 0 Å². The molecule has 0 atom stereocenters. The van der Waals surface area contributed by atoms with Crippen LogP contribution in [0, 0.1) is 0 Å². The van der Waals surface area contributed by atoms with Crippen LogP contribution < -0.4 is 17.0 Å². The van der Waals surface area contributed by atoms with Crippen LogP contribution in [0.5, 0.6) is 0 Å². The van der Waals surface area contributed by atoms with E-state index in [1.165, 1.54) is 96.7 Å². The summed E-state index contributed by atoms with van der Waals surface area (Å²) < 4.78 is 20.1. The molecule has 0 heterocycles. The summed E-state index contributed by atoms with van der Waals surface area (Å²) >= 11 is 0. The van der Waals surface area contributed by atoms with Gasteiger partial charge in [0.25, 0.3) is 0 Å². The monoisotopic (exact) mass is 525 g/mol. The van der Waals surface area contributed by atoms with Gasteiger partial charge in [-0.05, 0) is 59.3 Å². The number of halogens is 1. The number of unbranched alkanes of at least 4 members (excludes halogenated alkanes) is 9. The van der Waals surface area contributed by atoms with Crippen molar-refractivity contribution in [3.05, 3.63) is 0 Å². The molecular weight excluding hydrogens is 470 g/mol. The van der Waals surface area contributed by atoms with Crippen LogP contribution in [-0.4, -0.2) is 58.9 Å². The predicted octanol–water partition coefficient (Wildman–Crippen LogP) is 4.14. The van der Waals surface area contributed by atoms with E-state index in [0.717, 1.165) is 10.7 Å². The minimum Gasteiger partial charge on any atom is -1.00 e. The van der Waals surface area contributed by atoms with Crippen molar-refractivity contribution in [3.8, 4) is 0 Å². The van der Waals surface area contributed by atoms with Gasteiger partial charge in [0.1, 0.15) is 6.17 Å². The molecule has 0 unspecified atom stereocenters. The minimum atomic E-state index is -2.66. The van der Waals surface area contributed by atoms with Crippen LogP contribution in [0.1, 0.15) is 119 Å². The van der Waals surface area contributed by atoms with Crippen LogP contribution in [0.4, 0.5) is 0 Å². The second-order valence-electron chi connectivity index (χ2n) is 8.83. The highest BCUT2D eigenvalue weighted by Gasteiger charge is 2.49. The Kier molecular flexibility index (Phi) is 24.3. The minimum absolute atomic E-state index is 0. The SMILES string of the molecule is CCCCCC[N+](CCCCCC)(CCCCCC)C[Si](OCC)(OCC)OCC.[Br-]. The first-order chi connectivity index (χ1) is 14.6. The Hall–Kier alpha value is 0.537. The Morgan fingerprint density at radius 2 is 0.806 bits per heavy atom. The molecule has 0 saturated heterocycles. The van der Waals surface area contributed by atoms with E-state index >= 15 is 0 Å². The van der Waals surface area contributed by atoms with Gasteiger partial charge in [0.2, 0.25) is 0 Å². The van der Waals surface area contributed by atoms with Crippen molar-refractivity contribution in [1.29, 1.82) is 0 Å². The van der Waals surface area contributed by atoms with Crippen LogP contribution in [0.3, 0.4) is 0 Å². The van der Waals surface area contributed by atoms with Crippen molar-refractivity contribution in [2.45, 2.75) is 119 Å². The number of nitrogens with zero attached hydrogens (tertiary/aromatic N) is 1. The van der Waals surface area contributed by atoms with Crippen LogP contribution in [0.15, 0.2) is 0 Å². The fraction of sp³-hybridized carbons (Fsp3) is 1.00. The van der Waals surface area contributed by atoms with Gasteiger partial charge >= 0.3 is 8.80 Å². The van der Waals surface area contributed by atoms with E-state index in [0.29, 0.717) is 19.8 Å². The third kappa shape index (κ3) is 15.9. The molecule has 0 spiro atoms. The molecule has 0 aliphatic heterocycles. The van der Waals surface area contributed by atoms with Crippen molar-refractivity contribution in [3.63, 3.8) is 0 Å². The van der Waals surface area contributed by atoms with Gasteiger partial charge in [-0.25, -0.2) is 0 Å². The molecule has 190 valence electrons. The first-order valence-corrected chi connectivity index (χ1v) is 15.3. The molecular formula is C25H56BrNO3Si. The molecule has 6 heteroatoms. The number of hydrogen-bond acceptors (Lipinski definition) is 3. The fourth-order valence-corrected chi connectivity index (χ4v) is 7.67. The highest BCUT2D eigenvalue weighted by Crippen LogP contribution is 2.23. The molecule has 0 saturated carbocycles. The van der Waals surface area contributed by atoms with E-state index < -0.39 is 8.80 Å². The Balaban J connectivity index is 0. The zero-order valence-corrected chi connectivity index (χ0v) is 24.6. The average Bonchev–Trinajstić information content (AvgIpc) is 2.72. The molecule has 0 aromatic heterocycles. The standard InChI is InChI=1S/C25H56NO3Si.BrH/c1-7-13-16-19-22-26(23-20-17-14-8-2,24-21-18-15-9-3)25-30(27-10-4,28-11-5)29-12-6;/h7-25H2,1-6H3;1H/q+1;/p-1. The largest absolute Gasteiger partial charge is 1.00 e. The topological polar surface area (TPSA) is 27.7 Å². The van der Waals surface area contributed by atoms with Gasteiger partial charge in [0.05, 0.1) is 19.6 Å². The summed E-state index contributed by atoms with van der Waals surface area (Å²) in [5.41, 5.74) is 0. The summed E-state index contributed by atoms with van der Waals surface area (Å²) in [6.45, 7) is 18.9. The van der Waals surface area contributed by atoms with Crippen molar-refractivity contribution in [2.75, 3.05) is 45.6 Å². The highest BCUT2D eigenvalue weighted by molar-refractivity contribution is 6.60. The molecule has 0 aromatic carbocycles. The highest BCUT2D eigenvalue weighted by atomic mass is 79.9. The predicted molar refractivity (Wildman–Crippen MR) is 133 cm³/mol. The van der Waals surface area contributed by atoms with E-state index in [4.69, 9.17) is 13.3 Å². The third-order valence-electron chi connectivity index (χ3n) is 6.08. The van der Waals surface area contributed by atoms with E-state index in [2.05, 4.69) is 41.5 Å². The molecule has 31 heavy (non-hydrogen) atoms. The first-order valence-electron chi connectivity index (χ1n) is 13.3. The molecule has 0 aliphatic carbocycles. The van der Waals surface area contributed by atoms with Gasteiger partial charge in [-0.3, -0.25) is 0 Å². The van der Waals surface area contributed by atoms with E-state index in [-0.39, 0.29) is 17.0 Å². The molecule has 4 nitrogen and oxygen atoms in total. The summed E-state index contributed by atoms with van der Waals surface area (Å²) in [7, 11) is -2.66. The average molecular weight is 527 g/mol. The molecule has 0 fully saturated rings. The Morgan fingerprint density at radius 1 is 0.484 bits per heavy atom. The van der Waals surface area contributed by atoms with Crippen molar-refractivity contribution >= 4 is 8.80 Å². The Morgan fingerprint density at radius 3 is 1.06 bits per heavy atom. The first kappa shape index (κ1) is 33.7. The van der Waals surface area contributed by atoms with Crippen LogP contribution in [0.25, 0.3) is 0 Å². The fourth-order valence-electron chi connectivity index (χ4n) is 4.53. The van der Waals surface area contributed by atoms with Crippen LogP contribution in [0.2, 0.25) is 0 Å². The molecule has 0 rings (SSSR count). The molecule has 0 bridgehead atoms. The molecule has 0 aromatic rings. The maximum absolute atomic E-state index is 6.33. The van der Waals surface area contributed by atoms with Gasteiger partial charge in [-0.1, -0.05) is 59.3 Å². The zero-order valence-electron chi connectivity index (χ0n) is 22.0. The zero-order chi connectivity index (χ0) is 22.6. The summed E-state index contributed by atoms with van der Waals surface area (Å²) in [5, 5.41) is 0. The smallest absolute Gasteiger partial charge is 0.559 e. The second-order valence-corrected chi connectivity index (χ2v) is 11.4. The maximum Gasteiger partial charge on any atom is 0.559 e. The summed E-state index contributed by atoms with van der Waals surface area (Å²) in [6.07, 6.45) is 16.8. The molecule has 0 amide bonds. The van der Waals surface area contributed by atoms with Gasteiger partial charge in [0.15, 0.2) is 0 Å². The normalized spacial score (nSPS) is 12.2. The lowest BCUT2D eigenvalue weighted by Crippen LogP contribution is -3.00. The van der Waals surface area contributed by atoms with Crippen molar-refractivity contribution < 1.29 is 34.7 Å². The maximum atomic E-state index is 6.33. The summed E-state index contributed by atoms with van der Waals surface area (Å²) in [4.78, 5) is 0. The molecule has 0 radical (unpaired) electrons. The summed E-state index contributed by atoms with van der Waals surface area (Å²) in [6, 6.07) is 0. The Bertz CT molecular complexity index is 326. The van der Waals surface area contributed by atoms with E-state index in [9.17, 15) is 0 Å². The second kappa shape index (κ2) is 22.3. The van der Waals surface area contributed by atoms with Gasteiger partial charge < -0.3 is 34.7 Å². The number of hydrogen-bond donors (Lipinski definition) is 0. The Labute approximate surface area is 207 Å².